The molecule has 0 spiro atoms. The second-order valence-corrected chi connectivity index (χ2v) is 7.03. The molecule has 2 heterocycles. The smallest absolute Gasteiger partial charge is 0.224 e. The molecule has 1 atom stereocenters. The largest absolute Gasteiger partial charge is 0.356 e. The standard InChI is InChI=1S/C20H26N4O/c1-15(2)13-22-20(25)17-9-6-12-24(14-17)18-10-11-21-19(23-18)16-7-4-3-5-8-16/h3-5,7-8,10-11,15,17H,6,9,12-14H2,1-2H3,(H,22,25)/t17-/m0/s1. The van der Waals surface area contributed by atoms with Crippen molar-refractivity contribution >= 4 is 11.7 Å². The van der Waals surface area contributed by atoms with Crippen molar-refractivity contribution in [3.63, 3.8) is 0 Å². The molecule has 1 amide bonds. The number of nitrogens with zero attached hydrogens (tertiary/aromatic N) is 3. The summed E-state index contributed by atoms with van der Waals surface area (Å²) in [6, 6.07) is 11.9. The summed E-state index contributed by atoms with van der Waals surface area (Å²) in [5.41, 5.74) is 1.01. The maximum atomic E-state index is 12.4. The molecule has 1 aliphatic heterocycles. The molecule has 5 heteroatoms. The van der Waals surface area contributed by atoms with Crippen LogP contribution in [0.5, 0.6) is 0 Å². The zero-order chi connectivity index (χ0) is 17.6. The van der Waals surface area contributed by atoms with Crippen LogP contribution in [0.3, 0.4) is 0 Å². The topological polar surface area (TPSA) is 58.1 Å². The van der Waals surface area contributed by atoms with Crippen LogP contribution in [-0.4, -0.2) is 35.5 Å². The number of benzene rings is 1. The van der Waals surface area contributed by atoms with Crippen molar-refractivity contribution in [1.82, 2.24) is 15.3 Å². The molecule has 0 bridgehead atoms. The lowest BCUT2D eigenvalue weighted by Crippen LogP contribution is -2.44. The molecule has 1 aliphatic rings. The van der Waals surface area contributed by atoms with Crippen LogP contribution in [0.1, 0.15) is 26.7 Å². The lowest BCUT2D eigenvalue weighted by atomic mass is 9.97. The number of amides is 1. The number of hydrogen-bond acceptors (Lipinski definition) is 4. The summed E-state index contributed by atoms with van der Waals surface area (Å²) >= 11 is 0. The van der Waals surface area contributed by atoms with Crippen LogP contribution in [0, 0.1) is 11.8 Å². The maximum Gasteiger partial charge on any atom is 0.224 e. The number of carbonyl (C=O) groups excluding carboxylic acids is 1. The van der Waals surface area contributed by atoms with Crippen molar-refractivity contribution in [3.8, 4) is 11.4 Å². The first-order valence-electron chi connectivity index (χ1n) is 9.04. The van der Waals surface area contributed by atoms with Gasteiger partial charge in [0.15, 0.2) is 5.82 Å². The van der Waals surface area contributed by atoms with Gasteiger partial charge in [0.05, 0.1) is 5.92 Å². The third-order valence-corrected chi connectivity index (χ3v) is 4.47. The van der Waals surface area contributed by atoms with Gasteiger partial charge in [0.25, 0.3) is 0 Å². The van der Waals surface area contributed by atoms with Gasteiger partial charge in [0, 0.05) is 31.4 Å². The SMILES string of the molecule is CC(C)CNC(=O)[C@H]1CCCN(c2ccnc(-c3ccccc3)n2)C1. The molecule has 0 radical (unpaired) electrons. The third-order valence-electron chi connectivity index (χ3n) is 4.47. The summed E-state index contributed by atoms with van der Waals surface area (Å²) in [6.07, 6.45) is 3.74. The Morgan fingerprint density at radius 1 is 1.28 bits per heavy atom. The van der Waals surface area contributed by atoms with Gasteiger partial charge in [-0.2, -0.15) is 0 Å². The molecule has 5 nitrogen and oxygen atoms in total. The summed E-state index contributed by atoms with van der Waals surface area (Å²) in [7, 11) is 0. The van der Waals surface area contributed by atoms with Crippen LogP contribution in [0.4, 0.5) is 5.82 Å². The van der Waals surface area contributed by atoms with Gasteiger partial charge >= 0.3 is 0 Å². The van der Waals surface area contributed by atoms with E-state index >= 15 is 0 Å². The maximum absolute atomic E-state index is 12.4. The highest BCUT2D eigenvalue weighted by Crippen LogP contribution is 2.23. The highest BCUT2D eigenvalue weighted by Gasteiger charge is 2.26. The molecule has 1 fully saturated rings. The molecule has 3 rings (SSSR count). The Labute approximate surface area is 149 Å². The Hall–Kier alpha value is -2.43. The van der Waals surface area contributed by atoms with Crippen molar-refractivity contribution in [3.05, 3.63) is 42.6 Å². The van der Waals surface area contributed by atoms with Gasteiger partial charge in [0.1, 0.15) is 5.82 Å². The fraction of sp³-hybridized carbons (Fsp3) is 0.450. The number of carbonyl (C=O) groups is 1. The van der Waals surface area contributed by atoms with E-state index in [1.165, 1.54) is 0 Å². The van der Waals surface area contributed by atoms with E-state index < -0.39 is 0 Å². The lowest BCUT2D eigenvalue weighted by Gasteiger charge is -2.33. The van der Waals surface area contributed by atoms with Crippen molar-refractivity contribution in [2.45, 2.75) is 26.7 Å². The first kappa shape index (κ1) is 17.4. The summed E-state index contributed by atoms with van der Waals surface area (Å²) in [5, 5.41) is 3.06. The first-order valence-corrected chi connectivity index (χ1v) is 9.04. The Morgan fingerprint density at radius 3 is 2.84 bits per heavy atom. The number of anilines is 1. The fourth-order valence-electron chi connectivity index (χ4n) is 3.10. The van der Waals surface area contributed by atoms with Gasteiger partial charge in [-0.25, -0.2) is 9.97 Å². The van der Waals surface area contributed by atoms with E-state index in [1.54, 1.807) is 6.20 Å². The molecule has 1 aromatic heterocycles. The highest BCUT2D eigenvalue weighted by molar-refractivity contribution is 5.79. The number of rotatable bonds is 5. The Morgan fingerprint density at radius 2 is 2.08 bits per heavy atom. The van der Waals surface area contributed by atoms with E-state index in [0.717, 1.165) is 49.7 Å². The van der Waals surface area contributed by atoms with E-state index in [2.05, 4.69) is 29.0 Å². The van der Waals surface area contributed by atoms with Gasteiger partial charge in [-0.1, -0.05) is 44.2 Å². The normalized spacial score (nSPS) is 17.6. The van der Waals surface area contributed by atoms with Gasteiger partial charge in [0.2, 0.25) is 5.91 Å². The zero-order valence-electron chi connectivity index (χ0n) is 15.0. The highest BCUT2D eigenvalue weighted by atomic mass is 16.1. The fourth-order valence-corrected chi connectivity index (χ4v) is 3.10. The molecule has 1 saturated heterocycles. The molecule has 1 aromatic carbocycles. The van der Waals surface area contributed by atoms with E-state index in [1.807, 2.05) is 36.4 Å². The summed E-state index contributed by atoms with van der Waals surface area (Å²) in [6.45, 7) is 6.61. The van der Waals surface area contributed by atoms with Crippen LogP contribution in [0.15, 0.2) is 42.6 Å². The Bertz CT molecular complexity index is 702. The quantitative estimate of drug-likeness (QED) is 0.910. The van der Waals surface area contributed by atoms with E-state index in [4.69, 9.17) is 4.98 Å². The summed E-state index contributed by atoms with van der Waals surface area (Å²) in [5.74, 6) is 2.29. The number of nitrogens with one attached hydrogen (secondary N) is 1. The van der Waals surface area contributed by atoms with Gasteiger partial charge < -0.3 is 10.2 Å². The minimum Gasteiger partial charge on any atom is -0.356 e. The molecule has 0 saturated carbocycles. The average molecular weight is 338 g/mol. The average Bonchev–Trinajstić information content (AvgIpc) is 2.67. The predicted molar refractivity (Wildman–Crippen MR) is 100 cm³/mol. The number of piperidine rings is 1. The molecule has 2 aromatic rings. The molecule has 132 valence electrons. The van der Waals surface area contributed by atoms with Crippen molar-refractivity contribution in [1.29, 1.82) is 0 Å². The van der Waals surface area contributed by atoms with Crippen LogP contribution in [0.2, 0.25) is 0 Å². The third kappa shape index (κ3) is 4.56. The van der Waals surface area contributed by atoms with Crippen molar-refractivity contribution < 1.29 is 4.79 Å². The van der Waals surface area contributed by atoms with Crippen molar-refractivity contribution in [2.24, 2.45) is 11.8 Å². The molecule has 1 N–H and O–H groups in total. The van der Waals surface area contributed by atoms with Gasteiger partial charge in [-0.05, 0) is 24.8 Å². The molecular formula is C20H26N4O. The Kier molecular flexibility index (Phi) is 5.64. The van der Waals surface area contributed by atoms with Crippen LogP contribution in [0.25, 0.3) is 11.4 Å². The molecular weight excluding hydrogens is 312 g/mol. The second-order valence-electron chi connectivity index (χ2n) is 7.03. The van der Waals surface area contributed by atoms with Crippen LogP contribution in [-0.2, 0) is 4.79 Å². The molecule has 0 unspecified atom stereocenters. The first-order chi connectivity index (χ1) is 12.1. The van der Waals surface area contributed by atoms with Crippen LogP contribution < -0.4 is 10.2 Å². The molecule has 0 aliphatic carbocycles. The van der Waals surface area contributed by atoms with Crippen molar-refractivity contribution in [2.75, 3.05) is 24.5 Å². The Balaban J connectivity index is 1.70. The van der Waals surface area contributed by atoms with Gasteiger partial charge in [-0.15, -0.1) is 0 Å². The number of aromatic nitrogens is 2. The van der Waals surface area contributed by atoms with E-state index in [9.17, 15) is 4.79 Å². The lowest BCUT2D eigenvalue weighted by molar-refractivity contribution is -0.125. The monoisotopic (exact) mass is 338 g/mol. The van der Waals surface area contributed by atoms with Crippen LogP contribution >= 0.6 is 0 Å². The van der Waals surface area contributed by atoms with E-state index in [0.29, 0.717) is 5.92 Å². The number of hydrogen-bond donors (Lipinski definition) is 1. The molecule has 25 heavy (non-hydrogen) atoms. The summed E-state index contributed by atoms with van der Waals surface area (Å²) in [4.78, 5) is 23.7. The minimum absolute atomic E-state index is 0.0302. The predicted octanol–water partition coefficient (Wildman–Crippen LogP) is 3.13. The van der Waals surface area contributed by atoms with Gasteiger partial charge in [-0.3, -0.25) is 4.79 Å². The minimum atomic E-state index is 0.0302. The summed E-state index contributed by atoms with van der Waals surface area (Å²) < 4.78 is 0. The van der Waals surface area contributed by atoms with E-state index in [-0.39, 0.29) is 11.8 Å². The second kappa shape index (κ2) is 8.10. The zero-order valence-corrected chi connectivity index (χ0v) is 15.0.